The van der Waals surface area contributed by atoms with Gasteiger partial charge in [0.05, 0.1) is 29.8 Å². The van der Waals surface area contributed by atoms with Crippen molar-refractivity contribution in [3.63, 3.8) is 0 Å². The number of amides is 1. The lowest BCUT2D eigenvalue weighted by Gasteiger charge is -2.07. The number of carbonyl (C=O) groups excluding carboxylic acids is 2. The maximum Gasteiger partial charge on any atom is 0.350 e. The van der Waals surface area contributed by atoms with Crippen molar-refractivity contribution in [1.82, 2.24) is 4.98 Å². The second kappa shape index (κ2) is 8.82. The van der Waals surface area contributed by atoms with E-state index in [2.05, 4.69) is 10.3 Å². The van der Waals surface area contributed by atoms with Gasteiger partial charge in [0, 0.05) is 0 Å². The van der Waals surface area contributed by atoms with Gasteiger partial charge in [-0.3, -0.25) is 4.79 Å². The molecule has 1 aromatic carbocycles. The number of benzene rings is 1. The van der Waals surface area contributed by atoms with Crippen molar-refractivity contribution >= 4 is 39.9 Å². The van der Waals surface area contributed by atoms with E-state index >= 15 is 0 Å². The molecule has 0 aliphatic heterocycles. The molecule has 25 heavy (non-hydrogen) atoms. The van der Waals surface area contributed by atoms with Crippen LogP contribution in [0.4, 0.5) is 5.13 Å². The molecule has 2 aromatic rings. The summed E-state index contributed by atoms with van der Waals surface area (Å²) in [4.78, 5) is 28.5. The first-order valence-electron chi connectivity index (χ1n) is 7.72. The Balaban J connectivity index is 1.86. The van der Waals surface area contributed by atoms with Gasteiger partial charge in [-0.1, -0.05) is 35.1 Å². The minimum atomic E-state index is -0.437. The number of anilines is 1. The number of para-hydroxylation sites is 1. The first kappa shape index (κ1) is 19.2. The number of esters is 1. The molecule has 8 heteroatoms. The van der Waals surface area contributed by atoms with Gasteiger partial charge >= 0.3 is 5.97 Å². The molecule has 0 bridgehead atoms. The molecule has 0 spiro atoms. The van der Waals surface area contributed by atoms with Crippen LogP contribution < -0.4 is 10.1 Å². The Morgan fingerprint density at radius 1 is 1.32 bits per heavy atom. The van der Waals surface area contributed by atoms with Gasteiger partial charge in [-0.25, -0.2) is 9.78 Å². The van der Waals surface area contributed by atoms with E-state index in [-0.39, 0.29) is 25.0 Å². The third-order valence-electron chi connectivity index (χ3n) is 2.99. The lowest BCUT2D eigenvalue weighted by atomic mass is 10.3. The van der Waals surface area contributed by atoms with E-state index in [0.29, 0.717) is 26.5 Å². The Bertz CT molecular complexity index is 761. The highest BCUT2D eigenvalue weighted by Gasteiger charge is 2.18. The van der Waals surface area contributed by atoms with Crippen LogP contribution in [0.2, 0.25) is 5.02 Å². The summed E-state index contributed by atoms with van der Waals surface area (Å²) in [5.41, 5.74) is 0.526. The van der Waals surface area contributed by atoms with Crippen LogP contribution in [0.15, 0.2) is 24.3 Å². The van der Waals surface area contributed by atoms with Crippen molar-refractivity contribution < 1.29 is 19.1 Å². The molecule has 1 amide bonds. The number of thiazole rings is 1. The Kier molecular flexibility index (Phi) is 6.78. The molecule has 1 aromatic heterocycles. The number of hydrogen-bond donors (Lipinski definition) is 1. The van der Waals surface area contributed by atoms with E-state index in [0.717, 1.165) is 11.3 Å². The van der Waals surface area contributed by atoms with Crippen molar-refractivity contribution in [2.24, 2.45) is 0 Å². The van der Waals surface area contributed by atoms with Crippen LogP contribution in [0.1, 0.15) is 35.6 Å². The topological polar surface area (TPSA) is 77.5 Å². The Morgan fingerprint density at radius 2 is 2.04 bits per heavy atom. The van der Waals surface area contributed by atoms with Crippen molar-refractivity contribution in [2.45, 2.75) is 33.3 Å². The van der Waals surface area contributed by atoms with Gasteiger partial charge in [0.1, 0.15) is 10.6 Å². The third kappa shape index (κ3) is 5.72. The summed E-state index contributed by atoms with van der Waals surface area (Å²) in [5, 5.41) is 3.51. The standard InChI is InChI=1S/C17H19ClN2O4S/c1-10(2)24-16(22)15-11(3)19-17(25-15)20-14(21)8-9-23-13-7-5-4-6-12(13)18/h4-7,10H,8-9H2,1-3H3,(H,19,20,21). The van der Waals surface area contributed by atoms with Crippen molar-refractivity contribution in [2.75, 3.05) is 11.9 Å². The molecule has 1 N–H and O–H groups in total. The van der Waals surface area contributed by atoms with Gasteiger partial charge in [-0.15, -0.1) is 0 Å². The number of rotatable bonds is 7. The summed E-state index contributed by atoms with van der Waals surface area (Å²) in [6.07, 6.45) is -0.0793. The molecule has 2 rings (SSSR count). The van der Waals surface area contributed by atoms with Crippen LogP contribution >= 0.6 is 22.9 Å². The number of nitrogens with one attached hydrogen (secondary N) is 1. The molecule has 0 aliphatic carbocycles. The van der Waals surface area contributed by atoms with Gasteiger partial charge in [0.2, 0.25) is 5.91 Å². The number of halogens is 1. The normalized spacial score (nSPS) is 10.6. The first-order chi connectivity index (χ1) is 11.9. The number of aromatic nitrogens is 1. The molecule has 0 fully saturated rings. The summed E-state index contributed by atoms with van der Waals surface area (Å²) in [7, 11) is 0. The second-order valence-electron chi connectivity index (χ2n) is 5.46. The fraction of sp³-hybridized carbons (Fsp3) is 0.353. The van der Waals surface area contributed by atoms with Crippen LogP contribution in [0, 0.1) is 6.92 Å². The lowest BCUT2D eigenvalue weighted by Crippen LogP contribution is -2.15. The Morgan fingerprint density at radius 3 is 2.72 bits per heavy atom. The predicted molar refractivity (Wildman–Crippen MR) is 97.6 cm³/mol. The molecule has 0 saturated heterocycles. The molecular formula is C17H19ClN2O4S. The summed E-state index contributed by atoms with van der Waals surface area (Å²) < 4.78 is 10.6. The smallest absolute Gasteiger partial charge is 0.350 e. The molecule has 0 unspecified atom stereocenters. The van der Waals surface area contributed by atoms with Gasteiger partial charge in [0.15, 0.2) is 5.13 Å². The number of ether oxygens (including phenoxy) is 2. The molecule has 6 nitrogen and oxygen atoms in total. The van der Waals surface area contributed by atoms with Crippen molar-refractivity contribution in [3.8, 4) is 5.75 Å². The number of hydrogen-bond acceptors (Lipinski definition) is 6. The monoisotopic (exact) mass is 382 g/mol. The van der Waals surface area contributed by atoms with E-state index in [1.54, 1.807) is 45.0 Å². The summed E-state index contributed by atoms with van der Waals surface area (Å²) >= 11 is 7.07. The maximum absolute atomic E-state index is 12.0. The Hall–Kier alpha value is -2.12. The van der Waals surface area contributed by atoms with Gasteiger partial charge in [0.25, 0.3) is 0 Å². The maximum atomic E-state index is 12.0. The zero-order chi connectivity index (χ0) is 18.4. The predicted octanol–water partition coefficient (Wildman–Crippen LogP) is 4.08. The van der Waals surface area contributed by atoms with E-state index < -0.39 is 5.97 Å². The highest BCUT2D eigenvalue weighted by atomic mass is 35.5. The minimum Gasteiger partial charge on any atom is -0.491 e. The number of nitrogens with zero attached hydrogens (tertiary/aromatic N) is 1. The van der Waals surface area contributed by atoms with E-state index in [1.807, 2.05) is 0 Å². The molecule has 0 atom stereocenters. The van der Waals surface area contributed by atoms with E-state index in [9.17, 15) is 9.59 Å². The summed E-state index contributed by atoms with van der Waals surface area (Å²) in [6.45, 7) is 5.43. The summed E-state index contributed by atoms with van der Waals surface area (Å²) in [5.74, 6) is -0.169. The molecular weight excluding hydrogens is 364 g/mol. The fourth-order valence-corrected chi connectivity index (χ4v) is 2.96. The number of aryl methyl sites for hydroxylation is 1. The minimum absolute atomic E-state index is 0.135. The van der Waals surface area contributed by atoms with Gasteiger partial charge in [-0.05, 0) is 32.9 Å². The largest absolute Gasteiger partial charge is 0.491 e. The molecule has 0 saturated carbocycles. The van der Waals surface area contributed by atoms with Crippen LogP contribution in [-0.4, -0.2) is 29.6 Å². The number of carbonyl (C=O) groups is 2. The molecule has 0 aliphatic rings. The average Bonchev–Trinajstić information content (AvgIpc) is 2.89. The molecule has 0 radical (unpaired) electrons. The highest BCUT2D eigenvalue weighted by molar-refractivity contribution is 7.17. The van der Waals surface area contributed by atoms with Gasteiger partial charge < -0.3 is 14.8 Å². The van der Waals surface area contributed by atoms with Crippen molar-refractivity contribution in [3.05, 3.63) is 39.9 Å². The van der Waals surface area contributed by atoms with Gasteiger partial charge in [-0.2, -0.15) is 0 Å². The fourth-order valence-electron chi connectivity index (χ4n) is 1.90. The van der Waals surface area contributed by atoms with Crippen molar-refractivity contribution in [1.29, 1.82) is 0 Å². The van der Waals surface area contributed by atoms with Crippen LogP contribution in [0.25, 0.3) is 0 Å². The second-order valence-corrected chi connectivity index (χ2v) is 6.87. The quantitative estimate of drug-likeness (QED) is 0.730. The zero-order valence-corrected chi connectivity index (χ0v) is 15.7. The van der Waals surface area contributed by atoms with E-state index in [1.165, 1.54) is 0 Å². The first-order valence-corrected chi connectivity index (χ1v) is 8.92. The highest BCUT2D eigenvalue weighted by Crippen LogP contribution is 2.25. The van der Waals surface area contributed by atoms with Crippen LogP contribution in [0.5, 0.6) is 5.75 Å². The summed E-state index contributed by atoms with van der Waals surface area (Å²) in [6, 6.07) is 7.05. The SMILES string of the molecule is Cc1nc(NC(=O)CCOc2ccccc2Cl)sc1C(=O)OC(C)C. The molecule has 1 heterocycles. The van der Waals surface area contributed by atoms with E-state index in [4.69, 9.17) is 21.1 Å². The molecule has 134 valence electrons. The Labute approximate surface area is 155 Å². The van der Waals surface area contributed by atoms with Crippen LogP contribution in [0.3, 0.4) is 0 Å². The lowest BCUT2D eigenvalue weighted by molar-refractivity contribution is -0.116. The average molecular weight is 383 g/mol. The zero-order valence-electron chi connectivity index (χ0n) is 14.2. The third-order valence-corrected chi connectivity index (χ3v) is 4.36. The van der Waals surface area contributed by atoms with Crippen LogP contribution in [-0.2, 0) is 9.53 Å².